The third kappa shape index (κ3) is 5.59. The second kappa shape index (κ2) is 8.76. The lowest BCUT2D eigenvalue weighted by Gasteiger charge is -2.10. The Labute approximate surface area is 154 Å². The molecular weight excluding hydrogens is 434 g/mol. The Kier molecular flexibility index (Phi) is 7.33. The summed E-state index contributed by atoms with van der Waals surface area (Å²) in [5.74, 6) is 0.759. The number of ether oxygens (including phenoxy) is 1. The SMILES string of the molecule is COc1ccccc1NC(N)=NCc1ccc(C(F)(F)F)cc1.I. The molecule has 2 aromatic carbocycles. The number of para-hydroxylation sites is 2. The van der Waals surface area contributed by atoms with E-state index in [2.05, 4.69) is 10.3 Å². The first kappa shape index (κ1) is 20.1. The highest BCUT2D eigenvalue weighted by molar-refractivity contribution is 14.0. The first-order valence-electron chi connectivity index (χ1n) is 6.76. The molecule has 2 rings (SSSR count). The number of methoxy groups -OCH3 is 1. The minimum absolute atomic E-state index is 0. The molecule has 2 aromatic rings. The van der Waals surface area contributed by atoms with Gasteiger partial charge in [0, 0.05) is 0 Å². The molecule has 24 heavy (non-hydrogen) atoms. The van der Waals surface area contributed by atoms with Crippen LogP contribution in [-0.2, 0) is 12.7 Å². The van der Waals surface area contributed by atoms with Gasteiger partial charge < -0.3 is 15.8 Å². The van der Waals surface area contributed by atoms with Crippen molar-refractivity contribution in [1.29, 1.82) is 0 Å². The summed E-state index contributed by atoms with van der Waals surface area (Å²) in [6, 6.07) is 12.0. The van der Waals surface area contributed by atoms with E-state index in [1.807, 2.05) is 12.1 Å². The van der Waals surface area contributed by atoms with Crippen molar-refractivity contribution in [3.05, 3.63) is 59.7 Å². The third-order valence-corrected chi connectivity index (χ3v) is 3.08. The molecule has 0 bridgehead atoms. The molecule has 0 aliphatic rings. The number of nitrogens with zero attached hydrogens (tertiary/aromatic N) is 1. The largest absolute Gasteiger partial charge is 0.495 e. The molecular formula is C16H17F3IN3O. The summed E-state index contributed by atoms with van der Waals surface area (Å²) in [6.45, 7) is 0.173. The molecule has 0 atom stereocenters. The summed E-state index contributed by atoms with van der Waals surface area (Å²) in [5.41, 5.74) is 6.37. The van der Waals surface area contributed by atoms with Gasteiger partial charge in [-0.05, 0) is 29.8 Å². The van der Waals surface area contributed by atoms with Crippen molar-refractivity contribution < 1.29 is 17.9 Å². The summed E-state index contributed by atoms with van der Waals surface area (Å²) < 4.78 is 42.6. The number of nitrogens with two attached hydrogens (primary N) is 1. The van der Waals surface area contributed by atoms with E-state index >= 15 is 0 Å². The zero-order chi connectivity index (χ0) is 16.9. The fourth-order valence-corrected chi connectivity index (χ4v) is 1.90. The number of alkyl halides is 3. The van der Waals surface area contributed by atoms with Crippen LogP contribution in [0, 0.1) is 0 Å². The van der Waals surface area contributed by atoms with Crippen LogP contribution in [0.3, 0.4) is 0 Å². The highest BCUT2D eigenvalue weighted by Crippen LogP contribution is 2.29. The van der Waals surface area contributed by atoms with Crippen LogP contribution in [0.15, 0.2) is 53.5 Å². The zero-order valence-electron chi connectivity index (χ0n) is 12.8. The van der Waals surface area contributed by atoms with Crippen molar-refractivity contribution in [2.45, 2.75) is 12.7 Å². The summed E-state index contributed by atoms with van der Waals surface area (Å²) in [7, 11) is 1.54. The lowest BCUT2D eigenvalue weighted by Crippen LogP contribution is -2.22. The Balaban J connectivity index is 0.00000288. The fraction of sp³-hybridized carbons (Fsp3) is 0.188. The monoisotopic (exact) mass is 451 g/mol. The van der Waals surface area contributed by atoms with E-state index in [9.17, 15) is 13.2 Å². The van der Waals surface area contributed by atoms with Crippen LogP contribution in [0.25, 0.3) is 0 Å². The summed E-state index contributed by atoms with van der Waals surface area (Å²) in [6.07, 6.45) is -4.34. The average molecular weight is 451 g/mol. The van der Waals surface area contributed by atoms with E-state index in [1.54, 1.807) is 12.1 Å². The predicted octanol–water partition coefficient (Wildman–Crippen LogP) is 4.26. The third-order valence-electron chi connectivity index (χ3n) is 3.08. The summed E-state index contributed by atoms with van der Waals surface area (Å²) in [4.78, 5) is 4.10. The molecule has 0 radical (unpaired) electrons. The summed E-state index contributed by atoms with van der Waals surface area (Å²) in [5, 5.41) is 2.89. The van der Waals surface area contributed by atoms with Gasteiger partial charge in [0.05, 0.1) is 24.9 Å². The smallest absolute Gasteiger partial charge is 0.416 e. The lowest BCUT2D eigenvalue weighted by atomic mass is 10.1. The van der Waals surface area contributed by atoms with Gasteiger partial charge in [0.15, 0.2) is 5.96 Å². The van der Waals surface area contributed by atoms with Gasteiger partial charge in [0.2, 0.25) is 0 Å². The van der Waals surface area contributed by atoms with Gasteiger partial charge in [0.1, 0.15) is 5.75 Å². The predicted molar refractivity (Wildman–Crippen MR) is 98.8 cm³/mol. The minimum atomic E-state index is -4.34. The highest BCUT2D eigenvalue weighted by Gasteiger charge is 2.29. The average Bonchev–Trinajstić information content (AvgIpc) is 2.53. The molecule has 3 N–H and O–H groups in total. The van der Waals surface area contributed by atoms with Crippen molar-refractivity contribution in [3.63, 3.8) is 0 Å². The van der Waals surface area contributed by atoms with Gasteiger partial charge >= 0.3 is 6.18 Å². The molecule has 0 amide bonds. The van der Waals surface area contributed by atoms with Crippen molar-refractivity contribution >= 4 is 35.6 Å². The molecule has 0 aliphatic heterocycles. The van der Waals surface area contributed by atoms with E-state index < -0.39 is 11.7 Å². The van der Waals surface area contributed by atoms with Crippen LogP contribution >= 0.6 is 24.0 Å². The number of aliphatic imine (C=N–C) groups is 1. The number of rotatable bonds is 4. The second-order valence-electron chi connectivity index (χ2n) is 4.72. The zero-order valence-corrected chi connectivity index (χ0v) is 15.1. The van der Waals surface area contributed by atoms with Crippen molar-refractivity contribution in [1.82, 2.24) is 0 Å². The quantitative estimate of drug-likeness (QED) is 0.415. The number of nitrogens with one attached hydrogen (secondary N) is 1. The lowest BCUT2D eigenvalue weighted by molar-refractivity contribution is -0.137. The Morgan fingerprint density at radius 2 is 1.75 bits per heavy atom. The number of guanidine groups is 1. The van der Waals surface area contributed by atoms with E-state index in [1.165, 1.54) is 19.2 Å². The maximum absolute atomic E-state index is 12.5. The van der Waals surface area contributed by atoms with Crippen molar-refractivity contribution in [2.24, 2.45) is 10.7 Å². The van der Waals surface area contributed by atoms with E-state index in [0.29, 0.717) is 17.0 Å². The summed E-state index contributed by atoms with van der Waals surface area (Å²) >= 11 is 0. The molecule has 0 heterocycles. The van der Waals surface area contributed by atoms with E-state index in [0.717, 1.165) is 12.1 Å². The molecule has 0 unspecified atom stereocenters. The van der Waals surface area contributed by atoms with Gasteiger partial charge in [-0.1, -0.05) is 24.3 Å². The molecule has 0 aromatic heterocycles. The normalized spacial score (nSPS) is 11.6. The Morgan fingerprint density at radius 3 is 2.33 bits per heavy atom. The molecule has 4 nitrogen and oxygen atoms in total. The van der Waals surface area contributed by atoms with Crippen LogP contribution < -0.4 is 15.8 Å². The van der Waals surface area contributed by atoms with Crippen molar-refractivity contribution in [2.75, 3.05) is 12.4 Å². The Bertz CT molecular complexity index is 688. The molecule has 0 saturated heterocycles. The molecule has 0 spiro atoms. The molecule has 8 heteroatoms. The molecule has 0 fully saturated rings. The van der Waals surface area contributed by atoms with Gasteiger partial charge in [-0.3, -0.25) is 0 Å². The Hall–Kier alpha value is -1.97. The second-order valence-corrected chi connectivity index (χ2v) is 4.72. The van der Waals surface area contributed by atoms with Gasteiger partial charge in [-0.2, -0.15) is 13.2 Å². The standard InChI is InChI=1S/C16H16F3N3O.HI/c1-23-14-5-3-2-4-13(14)22-15(20)21-10-11-6-8-12(9-7-11)16(17,18)19;/h2-9H,10H2,1H3,(H3,20,21,22);1H. The van der Waals surface area contributed by atoms with Crippen molar-refractivity contribution in [3.8, 4) is 5.75 Å². The number of benzene rings is 2. The number of halogens is 4. The van der Waals surface area contributed by atoms with E-state index in [4.69, 9.17) is 10.5 Å². The van der Waals surface area contributed by atoms with Crippen LogP contribution in [0.1, 0.15) is 11.1 Å². The first-order chi connectivity index (χ1) is 10.9. The highest BCUT2D eigenvalue weighted by atomic mass is 127. The molecule has 0 aliphatic carbocycles. The topological polar surface area (TPSA) is 59.6 Å². The van der Waals surface area contributed by atoms with Crippen LogP contribution in [0.4, 0.5) is 18.9 Å². The van der Waals surface area contributed by atoms with Gasteiger partial charge in [-0.25, -0.2) is 4.99 Å². The van der Waals surface area contributed by atoms with Crippen LogP contribution in [0.5, 0.6) is 5.75 Å². The Morgan fingerprint density at radius 1 is 1.12 bits per heavy atom. The van der Waals surface area contributed by atoms with Gasteiger partial charge in [-0.15, -0.1) is 24.0 Å². The minimum Gasteiger partial charge on any atom is -0.495 e. The van der Waals surface area contributed by atoms with Crippen LogP contribution in [-0.4, -0.2) is 13.1 Å². The maximum atomic E-state index is 12.5. The fourth-order valence-electron chi connectivity index (χ4n) is 1.90. The number of hydrogen-bond donors (Lipinski definition) is 2. The first-order valence-corrected chi connectivity index (χ1v) is 6.76. The van der Waals surface area contributed by atoms with E-state index in [-0.39, 0.29) is 36.5 Å². The maximum Gasteiger partial charge on any atom is 0.416 e. The number of hydrogen-bond acceptors (Lipinski definition) is 2. The number of anilines is 1. The van der Waals surface area contributed by atoms with Crippen LogP contribution in [0.2, 0.25) is 0 Å². The molecule has 130 valence electrons. The molecule has 0 saturated carbocycles. The van der Waals surface area contributed by atoms with Gasteiger partial charge in [0.25, 0.3) is 0 Å².